The lowest BCUT2D eigenvalue weighted by molar-refractivity contribution is 0.112. The molecule has 5 aromatic rings. The molecule has 0 unspecified atom stereocenters. The molecule has 0 aromatic heterocycles. The molecular formula is C39H42ClO2Si2. The van der Waals surface area contributed by atoms with E-state index < -0.39 is 16.4 Å². The van der Waals surface area contributed by atoms with Gasteiger partial charge in [0.1, 0.15) is 5.75 Å². The SMILES string of the molecule is CC(C)(C)[Si](Cl)(c1ccccc1)c1ccccc1.CC(C)(C)c1ccc(C=O)c(O[Si](c2ccccc2)c2ccccc2)c1. The van der Waals surface area contributed by atoms with Crippen molar-refractivity contribution in [3.8, 4) is 5.75 Å². The van der Waals surface area contributed by atoms with E-state index in [0.29, 0.717) is 11.3 Å². The van der Waals surface area contributed by atoms with Gasteiger partial charge in [-0.2, -0.15) is 11.1 Å². The second kappa shape index (κ2) is 14.4. The van der Waals surface area contributed by atoms with Crippen LogP contribution >= 0.6 is 11.1 Å². The van der Waals surface area contributed by atoms with E-state index in [9.17, 15) is 4.79 Å². The van der Waals surface area contributed by atoms with E-state index in [0.717, 1.165) is 22.2 Å². The summed E-state index contributed by atoms with van der Waals surface area (Å²) in [6.45, 7) is 13.2. The van der Waals surface area contributed by atoms with Crippen molar-refractivity contribution in [1.29, 1.82) is 0 Å². The van der Waals surface area contributed by atoms with Crippen LogP contribution in [0, 0.1) is 0 Å². The van der Waals surface area contributed by atoms with Gasteiger partial charge < -0.3 is 4.43 Å². The molecule has 0 amide bonds. The van der Waals surface area contributed by atoms with Crippen LogP contribution in [0.15, 0.2) is 140 Å². The van der Waals surface area contributed by atoms with Gasteiger partial charge in [-0.25, -0.2) is 0 Å². The molecule has 0 aliphatic carbocycles. The topological polar surface area (TPSA) is 26.3 Å². The summed E-state index contributed by atoms with van der Waals surface area (Å²) in [4.78, 5) is 11.6. The lowest BCUT2D eigenvalue weighted by Crippen LogP contribution is -2.59. The van der Waals surface area contributed by atoms with Crippen molar-refractivity contribution in [1.82, 2.24) is 0 Å². The summed E-state index contributed by atoms with van der Waals surface area (Å²) in [6.07, 6.45) is 0.872. The normalized spacial score (nSPS) is 11.8. The Morgan fingerprint density at radius 1 is 0.614 bits per heavy atom. The third-order valence-electron chi connectivity index (χ3n) is 7.67. The summed E-state index contributed by atoms with van der Waals surface area (Å²) >= 11 is 7.21. The highest BCUT2D eigenvalue weighted by atomic mass is 35.6. The summed E-state index contributed by atoms with van der Waals surface area (Å²) in [5, 5.41) is 4.94. The zero-order chi connectivity index (χ0) is 31.8. The molecule has 44 heavy (non-hydrogen) atoms. The van der Waals surface area contributed by atoms with E-state index in [-0.39, 0.29) is 10.5 Å². The minimum Gasteiger partial charge on any atom is -0.532 e. The lowest BCUT2D eigenvalue weighted by Gasteiger charge is -2.38. The predicted molar refractivity (Wildman–Crippen MR) is 193 cm³/mol. The fourth-order valence-corrected chi connectivity index (χ4v) is 11.2. The van der Waals surface area contributed by atoms with Gasteiger partial charge in [-0.15, -0.1) is 0 Å². The first-order valence-electron chi connectivity index (χ1n) is 15.0. The molecule has 0 saturated carbocycles. The van der Waals surface area contributed by atoms with Crippen LogP contribution < -0.4 is 25.2 Å². The Hall–Kier alpha value is -3.71. The lowest BCUT2D eigenvalue weighted by atomic mass is 9.86. The second-order valence-electron chi connectivity index (χ2n) is 12.9. The van der Waals surface area contributed by atoms with Crippen LogP contribution in [0.4, 0.5) is 0 Å². The third kappa shape index (κ3) is 7.86. The van der Waals surface area contributed by atoms with Crippen molar-refractivity contribution < 1.29 is 9.22 Å². The highest BCUT2D eigenvalue weighted by Gasteiger charge is 2.46. The number of halogens is 1. The monoisotopic (exact) mass is 633 g/mol. The standard InChI is InChI=1S/C23H23O2Si.C16H19ClSi/c1-23(2,3)19-15-14-18(17-24)22(16-19)25-26(20-10-6-4-7-11-20)21-12-8-5-9-13-21;1-16(2,3)18(17,14-10-6-4-7-11-14)15-12-8-5-9-13-15/h4-17H,1-3H3;4-13H,1-3H3. The predicted octanol–water partition coefficient (Wildman–Crippen LogP) is 7.77. The average Bonchev–Trinajstić information content (AvgIpc) is 3.04. The molecule has 225 valence electrons. The molecule has 0 atom stereocenters. The Kier molecular flexibility index (Phi) is 10.9. The van der Waals surface area contributed by atoms with E-state index >= 15 is 0 Å². The molecule has 0 saturated heterocycles. The molecule has 0 aliphatic rings. The van der Waals surface area contributed by atoms with Gasteiger partial charge in [0.05, 0.1) is 5.56 Å². The highest BCUT2D eigenvalue weighted by molar-refractivity contribution is 7.35. The zero-order valence-electron chi connectivity index (χ0n) is 26.6. The van der Waals surface area contributed by atoms with Gasteiger partial charge in [0.25, 0.3) is 0 Å². The number of hydrogen-bond acceptors (Lipinski definition) is 2. The summed E-state index contributed by atoms with van der Waals surface area (Å²) in [5.74, 6) is 0.661. The summed E-state index contributed by atoms with van der Waals surface area (Å²) in [6, 6.07) is 47.4. The molecule has 0 spiro atoms. The van der Waals surface area contributed by atoms with Gasteiger partial charge in [0.15, 0.2) is 6.29 Å². The Morgan fingerprint density at radius 2 is 1.02 bits per heavy atom. The van der Waals surface area contributed by atoms with Crippen molar-refractivity contribution in [2.24, 2.45) is 0 Å². The minimum absolute atomic E-state index is 0.00801. The molecule has 5 rings (SSSR count). The molecule has 5 aromatic carbocycles. The van der Waals surface area contributed by atoms with Gasteiger partial charge in [-0.3, -0.25) is 4.79 Å². The van der Waals surface area contributed by atoms with Crippen LogP contribution in [0.3, 0.4) is 0 Å². The second-order valence-corrected chi connectivity index (χ2v) is 20.6. The summed E-state index contributed by atoms with van der Waals surface area (Å²) < 4.78 is 6.52. The van der Waals surface area contributed by atoms with Crippen molar-refractivity contribution in [2.45, 2.75) is 52.0 Å². The zero-order valence-corrected chi connectivity index (χ0v) is 29.3. The molecular weight excluding hydrogens is 592 g/mol. The maximum Gasteiger partial charge on any atom is 0.352 e. The van der Waals surface area contributed by atoms with Crippen molar-refractivity contribution >= 4 is 54.5 Å². The van der Waals surface area contributed by atoms with Gasteiger partial charge >= 0.3 is 9.04 Å². The third-order valence-corrected chi connectivity index (χ3v) is 17.1. The van der Waals surface area contributed by atoms with E-state index in [1.807, 2.05) is 66.7 Å². The van der Waals surface area contributed by atoms with Crippen molar-refractivity contribution in [2.75, 3.05) is 0 Å². The van der Waals surface area contributed by atoms with Crippen molar-refractivity contribution in [3.05, 3.63) is 151 Å². The molecule has 2 nitrogen and oxygen atoms in total. The Balaban J connectivity index is 0.000000215. The first-order valence-corrected chi connectivity index (χ1v) is 19.4. The Labute approximate surface area is 271 Å². The number of carbonyl (C=O) groups is 1. The average molecular weight is 634 g/mol. The number of aldehydes is 1. The molecule has 1 radical (unpaired) electrons. The van der Waals surface area contributed by atoms with Crippen LogP contribution in [0.1, 0.15) is 57.5 Å². The number of carbonyl (C=O) groups excluding carboxylic acids is 1. The summed E-state index contributed by atoms with van der Waals surface area (Å²) in [7, 11) is -3.74. The van der Waals surface area contributed by atoms with Gasteiger partial charge in [-0.05, 0) is 48.9 Å². The first-order chi connectivity index (χ1) is 20.9. The molecule has 0 bridgehead atoms. The van der Waals surface area contributed by atoms with E-state index in [1.165, 1.54) is 10.4 Å². The largest absolute Gasteiger partial charge is 0.532 e. The quantitative estimate of drug-likeness (QED) is 0.104. The maximum absolute atomic E-state index is 11.6. The van der Waals surface area contributed by atoms with Crippen LogP contribution in [-0.2, 0) is 5.41 Å². The number of rotatable bonds is 7. The fourth-order valence-electron chi connectivity index (χ4n) is 5.13. The highest BCUT2D eigenvalue weighted by Crippen LogP contribution is 2.38. The number of benzene rings is 5. The van der Waals surface area contributed by atoms with Crippen LogP contribution in [0.5, 0.6) is 5.75 Å². The first kappa shape index (κ1) is 33.2. The van der Waals surface area contributed by atoms with Crippen LogP contribution in [0.2, 0.25) is 5.04 Å². The molecule has 0 fully saturated rings. The Bertz CT molecular complexity index is 1530. The Morgan fingerprint density at radius 3 is 1.39 bits per heavy atom. The van der Waals surface area contributed by atoms with Crippen LogP contribution in [-0.4, -0.2) is 22.7 Å². The molecule has 0 N–H and O–H groups in total. The maximum atomic E-state index is 11.6. The van der Waals surface area contributed by atoms with E-state index in [4.69, 9.17) is 15.5 Å². The van der Waals surface area contributed by atoms with Gasteiger partial charge in [0, 0.05) is 0 Å². The van der Waals surface area contributed by atoms with E-state index in [2.05, 4.69) is 114 Å². The molecule has 0 aliphatic heterocycles. The van der Waals surface area contributed by atoms with Gasteiger partial charge in [0.2, 0.25) is 7.38 Å². The molecule has 5 heteroatoms. The van der Waals surface area contributed by atoms with E-state index in [1.54, 1.807) is 0 Å². The van der Waals surface area contributed by atoms with Crippen molar-refractivity contribution in [3.63, 3.8) is 0 Å². The molecule has 0 heterocycles. The minimum atomic E-state index is -2.23. The fraction of sp³-hybridized carbons (Fsp3) is 0.205. The van der Waals surface area contributed by atoms with Gasteiger partial charge in [-0.1, -0.05) is 169 Å². The van der Waals surface area contributed by atoms with Crippen LogP contribution in [0.25, 0.3) is 0 Å². The smallest absolute Gasteiger partial charge is 0.352 e. The summed E-state index contributed by atoms with van der Waals surface area (Å²) in [5.41, 5.74) is 1.74. The number of hydrogen-bond donors (Lipinski definition) is 0.